The minimum Gasteiger partial charge on any atom is -0.497 e. The van der Waals surface area contributed by atoms with Gasteiger partial charge in [-0.15, -0.1) is 0 Å². The Kier molecular flexibility index (Phi) is 6.37. The van der Waals surface area contributed by atoms with Crippen LogP contribution in [0.15, 0.2) is 107 Å². The first kappa shape index (κ1) is 23.6. The van der Waals surface area contributed by atoms with Gasteiger partial charge in [-0.25, -0.2) is 15.0 Å². The van der Waals surface area contributed by atoms with E-state index < -0.39 is 0 Å². The number of aromatic nitrogens is 2. The van der Waals surface area contributed by atoms with Crippen molar-refractivity contribution >= 4 is 50.1 Å². The minimum atomic E-state index is -0.0670. The van der Waals surface area contributed by atoms with Crippen LogP contribution in [0.1, 0.15) is 23.6 Å². The molecule has 1 aliphatic rings. The summed E-state index contributed by atoms with van der Waals surface area (Å²) >= 11 is 9.93. The number of rotatable bonds is 5. The van der Waals surface area contributed by atoms with Crippen LogP contribution in [0.25, 0.3) is 22.2 Å². The van der Waals surface area contributed by atoms with Gasteiger partial charge in [-0.2, -0.15) is 5.10 Å². The molecule has 5 nitrogen and oxygen atoms in total. The fourth-order valence-electron chi connectivity index (χ4n) is 4.62. The van der Waals surface area contributed by atoms with Crippen LogP contribution >= 0.6 is 27.5 Å². The van der Waals surface area contributed by atoms with Crippen molar-refractivity contribution in [1.29, 1.82) is 0 Å². The number of hydrogen-bond donors (Lipinski definition) is 0. The highest BCUT2D eigenvalue weighted by atomic mass is 79.9. The highest BCUT2D eigenvalue weighted by molar-refractivity contribution is 9.10. The minimum absolute atomic E-state index is 0.0670. The highest BCUT2D eigenvalue weighted by Gasteiger charge is 2.32. The summed E-state index contributed by atoms with van der Waals surface area (Å²) in [6.45, 7) is 0. The zero-order valence-corrected chi connectivity index (χ0v) is 22.3. The van der Waals surface area contributed by atoms with Gasteiger partial charge in [-0.05, 0) is 48.0 Å². The van der Waals surface area contributed by atoms with Gasteiger partial charge in [0.15, 0.2) is 0 Å². The third-order valence-corrected chi connectivity index (χ3v) is 7.23. The van der Waals surface area contributed by atoms with Gasteiger partial charge in [-0.3, -0.25) is 0 Å². The molecule has 0 spiro atoms. The molecule has 2 heterocycles. The van der Waals surface area contributed by atoms with Crippen LogP contribution in [0, 0.1) is 0 Å². The normalized spacial score (nSPS) is 15.2. The van der Waals surface area contributed by atoms with Crippen LogP contribution in [0.5, 0.6) is 5.75 Å². The maximum Gasteiger partial charge on any atom is 0.247 e. The fourth-order valence-corrected chi connectivity index (χ4v) is 5.06. The average molecular weight is 570 g/mol. The number of anilines is 1. The Bertz CT molecular complexity index is 1620. The van der Waals surface area contributed by atoms with Crippen LogP contribution in [-0.4, -0.2) is 22.8 Å². The first-order chi connectivity index (χ1) is 18.1. The summed E-state index contributed by atoms with van der Waals surface area (Å²) < 4.78 is 6.49. The average Bonchev–Trinajstić information content (AvgIpc) is 3.39. The lowest BCUT2D eigenvalue weighted by molar-refractivity contribution is 0.414. The van der Waals surface area contributed by atoms with E-state index in [1.165, 1.54) is 0 Å². The lowest BCUT2D eigenvalue weighted by atomic mass is 9.98. The zero-order valence-electron chi connectivity index (χ0n) is 20.0. The molecular weight excluding hydrogens is 548 g/mol. The summed E-state index contributed by atoms with van der Waals surface area (Å²) in [4.78, 5) is 10.0. The molecule has 37 heavy (non-hydrogen) atoms. The molecule has 1 aliphatic heterocycles. The molecule has 5 aromatic rings. The molecule has 7 heteroatoms. The molecular formula is C30H22BrClN4O. The largest absolute Gasteiger partial charge is 0.497 e. The monoisotopic (exact) mass is 568 g/mol. The summed E-state index contributed by atoms with van der Waals surface area (Å²) in [6.07, 6.45) is 0.706. The molecule has 0 amide bonds. The van der Waals surface area contributed by atoms with Crippen molar-refractivity contribution in [3.8, 4) is 17.0 Å². The second kappa shape index (κ2) is 9.96. The Morgan fingerprint density at radius 3 is 2.43 bits per heavy atom. The van der Waals surface area contributed by atoms with Gasteiger partial charge >= 0.3 is 0 Å². The molecule has 0 unspecified atom stereocenters. The Hall–Kier alpha value is -3.74. The lowest BCUT2D eigenvalue weighted by Gasteiger charge is -2.23. The van der Waals surface area contributed by atoms with Crippen molar-refractivity contribution in [2.45, 2.75) is 12.5 Å². The molecule has 0 saturated carbocycles. The van der Waals surface area contributed by atoms with Gasteiger partial charge in [0, 0.05) is 32.4 Å². The summed E-state index contributed by atoms with van der Waals surface area (Å²) in [6, 6.07) is 32.1. The summed E-state index contributed by atoms with van der Waals surface area (Å²) in [5, 5.41) is 8.57. The van der Waals surface area contributed by atoms with Crippen LogP contribution in [0.4, 0.5) is 5.95 Å². The summed E-state index contributed by atoms with van der Waals surface area (Å²) in [5.41, 5.74) is 5.73. The van der Waals surface area contributed by atoms with Gasteiger partial charge < -0.3 is 4.74 Å². The molecule has 0 N–H and O–H groups in total. The Morgan fingerprint density at radius 1 is 0.865 bits per heavy atom. The van der Waals surface area contributed by atoms with E-state index in [4.69, 9.17) is 31.4 Å². The molecule has 0 radical (unpaired) electrons. The molecule has 1 atom stereocenters. The first-order valence-electron chi connectivity index (χ1n) is 11.9. The zero-order chi connectivity index (χ0) is 25.4. The van der Waals surface area contributed by atoms with Crippen LogP contribution in [0.2, 0.25) is 5.02 Å². The molecule has 182 valence electrons. The third-order valence-electron chi connectivity index (χ3n) is 6.47. The molecule has 6 rings (SSSR count). The number of nitrogens with zero attached hydrogens (tertiary/aromatic N) is 4. The second-order valence-corrected chi connectivity index (χ2v) is 10.1. The van der Waals surface area contributed by atoms with Crippen LogP contribution in [0.3, 0.4) is 0 Å². The Morgan fingerprint density at radius 2 is 1.65 bits per heavy atom. The van der Waals surface area contributed by atoms with Gasteiger partial charge in [-0.1, -0.05) is 82.1 Å². The standard InChI is InChI=1S/C30H22BrClN4O/c1-37-24-9-5-8-21(16-24)27-18-28(19-10-12-22(31)13-11-19)36(35-27)30-33-26-15-14-23(32)17-25(26)29(34-30)20-6-3-2-4-7-20/h2-17,28H,18H2,1H3/t28-/m1/s1. The van der Waals surface area contributed by atoms with E-state index in [2.05, 4.69) is 46.3 Å². The predicted molar refractivity (Wildman–Crippen MR) is 153 cm³/mol. The number of hydrogen-bond acceptors (Lipinski definition) is 5. The highest BCUT2D eigenvalue weighted by Crippen LogP contribution is 2.38. The van der Waals surface area contributed by atoms with E-state index >= 15 is 0 Å². The molecule has 4 aromatic carbocycles. The maximum atomic E-state index is 6.37. The fraction of sp³-hybridized carbons (Fsp3) is 0.100. The summed E-state index contributed by atoms with van der Waals surface area (Å²) in [5.74, 6) is 1.34. The van der Waals surface area contributed by atoms with Crippen molar-refractivity contribution in [1.82, 2.24) is 9.97 Å². The smallest absolute Gasteiger partial charge is 0.247 e. The van der Waals surface area contributed by atoms with E-state index in [9.17, 15) is 0 Å². The Labute approximate surface area is 228 Å². The molecule has 0 saturated heterocycles. The number of ether oxygens (including phenoxy) is 1. The molecule has 0 fully saturated rings. The Balaban J connectivity index is 1.53. The van der Waals surface area contributed by atoms with Crippen molar-refractivity contribution < 1.29 is 4.74 Å². The number of hydrazone groups is 1. The van der Waals surface area contributed by atoms with Gasteiger partial charge in [0.25, 0.3) is 0 Å². The van der Waals surface area contributed by atoms with Gasteiger partial charge in [0.2, 0.25) is 5.95 Å². The van der Waals surface area contributed by atoms with E-state index in [0.29, 0.717) is 17.4 Å². The number of fused-ring (bicyclic) bond motifs is 1. The third kappa shape index (κ3) is 4.70. The van der Waals surface area contributed by atoms with E-state index in [1.54, 1.807) is 7.11 Å². The van der Waals surface area contributed by atoms with Gasteiger partial charge in [0.1, 0.15) is 5.75 Å². The van der Waals surface area contributed by atoms with E-state index in [0.717, 1.165) is 49.2 Å². The molecule has 0 aliphatic carbocycles. The quantitative estimate of drug-likeness (QED) is 0.215. The van der Waals surface area contributed by atoms with E-state index in [1.807, 2.05) is 71.7 Å². The van der Waals surface area contributed by atoms with Crippen LogP contribution in [-0.2, 0) is 0 Å². The van der Waals surface area contributed by atoms with Gasteiger partial charge in [0.05, 0.1) is 30.1 Å². The topological polar surface area (TPSA) is 50.6 Å². The van der Waals surface area contributed by atoms with Crippen LogP contribution < -0.4 is 9.75 Å². The number of benzene rings is 4. The van der Waals surface area contributed by atoms with Crippen molar-refractivity contribution in [2.24, 2.45) is 5.10 Å². The SMILES string of the molecule is COc1cccc(C2=NN(c3nc(-c4ccccc4)c4cc(Cl)ccc4n3)[C@@H](c3ccc(Br)cc3)C2)c1. The van der Waals surface area contributed by atoms with Crippen molar-refractivity contribution in [3.05, 3.63) is 118 Å². The number of halogens is 2. The first-order valence-corrected chi connectivity index (χ1v) is 13.1. The van der Waals surface area contributed by atoms with Crippen molar-refractivity contribution in [2.75, 3.05) is 12.1 Å². The maximum absolute atomic E-state index is 6.37. The predicted octanol–water partition coefficient (Wildman–Crippen LogP) is 8.08. The van der Waals surface area contributed by atoms with Crippen molar-refractivity contribution in [3.63, 3.8) is 0 Å². The van der Waals surface area contributed by atoms with E-state index in [-0.39, 0.29) is 6.04 Å². The lowest BCUT2D eigenvalue weighted by Crippen LogP contribution is -2.21. The summed E-state index contributed by atoms with van der Waals surface area (Å²) in [7, 11) is 1.67. The number of methoxy groups -OCH3 is 1. The molecule has 1 aromatic heterocycles. The second-order valence-electron chi connectivity index (χ2n) is 8.79. The molecule has 0 bridgehead atoms.